The van der Waals surface area contributed by atoms with E-state index < -0.39 is 26.9 Å². The molecule has 2 rings (SSSR count). The third-order valence-corrected chi connectivity index (χ3v) is 5.96. The molecular weight excluding hydrogens is 372 g/mol. The number of benzene rings is 2. The van der Waals surface area contributed by atoms with Crippen LogP contribution in [0.5, 0.6) is 0 Å². The first-order valence-corrected chi connectivity index (χ1v) is 11.3. The highest BCUT2D eigenvalue weighted by Crippen LogP contribution is 2.20. The minimum absolute atomic E-state index is 0.0785. The van der Waals surface area contributed by atoms with E-state index in [2.05, 4.69) is 10.0 Å². The second-order valence-corrected chi connectivity index (χ2v) is 8.94. The van der Waals surface area contributed by atoms with E-state index in [0.717, 1.165) is 5.56 Å². The summed E-state index contributed by atoms with van der Waals surface area (Å²) in [5.41, 5.74) is 1.28. The van der Waals surface area contributed by atoms with Crippen molar-refractivity contribution in [3.8, 4) is 0 Å². The van der Waals surface area contributed by atoms with Gasteiger partial charge in [-0.05, 0) is 29.8 Å². The van der Waals surface area contributed by atoms with Gasteiger partial charge in [-0.2, -0.15) is 0 Å². The molecule has 0 fully saturated rings. The van der Waals surface area contributed by atoms with Crippen LogP contribution in [0.15, 0.2) is 59.5 Å². The van der Waals surface area contributed by atoms with E-state index in [-0.39, 0.29) is 16.6 Å². The van der Waals surface area contributed by atoms with Crippen molar-refractivity contribution in [2.45, 2.75) is 24.3 Å². The van der Waals surface area contributed by atoms with Crippen LogP contribution in [0.25, 0.3) is 0 Å². The Morgan fingerprint density at radius 1 is 1.08 bits per heavy atom. The molecule has 0 heterocycles. The van der Waals surface area contributed by atoms with Crippen LogP contribution in [0.1, 0.15) is 24.9 Å². The number of rotatable bonds is 8. The largest absolute Gasteiger partial charge is 0.326 e. The van der Waals surface area contributed by atoms with Crippen LogP contribution in [-0.4, -0.2) is 30.5 Å². The Bertz CT molecular complexity index is 866. The molecule has 0 unspecified atom stereocenters. The van der Waals surface area contributed by atoms with Crippen molar-refractivity contribution in [1.29, 1.82) is 0 Å². The van der Waals surface area contributed by atoms with Gasteiger partial charge in [0.15, 0.2) is 0 Å². The highest BCUT2D eigenvalue weighted by Gasteiger charge is 2.22. The number of carbonyl (C=O) groups excluding carboxylic acids is 1. The molecule has 1 amide bonds. The summed E-state index contributed by atoms with van der Waals surface area (Å²) in [5.74, 6) is 0.0294. The maximum absolute atomic E-state index is 12.7. The first-order chi connectivity index (χ1) is 12.3. The third-order valence-electron chi connectivity index (χ3n) is 3.67. The van der Waals surface area contributed by atoms with Gasteiger partial charge in [-0.3, -0.25) is 9.00 Å². The molecule has 26 heavy (non-hydrogen) atoms. The van der Waals surface area contributed by atoms with E-state index >= 15 is 0 Å². The maximum atomic E-state index is 12.7. The van der Waals surface area contributed by atoms with Gasteiger partial charge in [0.2, 0.25) is 15.9 Å². The fraction of sp³-hybridized carbons (Fsp3) is 0.278. The van der Waals surface area contributed by atoms with Gasteiger partial charge in [-0.15, -0.1) is 0 Å². The van der Waals surface area contributed by atoms with Gasteiger partial charge in [0.1, 0.15) is 0 Å². The van der Waals surface area contributed by atoms with Gasteiger partial charge >= 0.3 is 0 Å². The summed E-state index contributed by atoms with van der Waals surface area (Å²) < 4.78 is 39.7. The Morgan fingerprint density at radius 3 is 2.23 bits per heavy atom. The van der Waals surface area contributed by atoms with Gasteiger partial charge in [0.25, 0.3) is 0 Å². The molecule has 2 N–H and O–H groups in total. The smallest absolute Gasteiger partial charge is 0.241 e. The fourth-order valence-electron chi connectivity index (χ4n) is 2.34. The van der Waals surface area contributed by atoms with Crippen molar-refractivity contribution in [3.63, 3.8) is 0 Å². The second-order valence-electron chi connectivity index (χ2n) is 5.75. The average Bonchev–Trinajstić information content (AvgIpc) is 2.61. The first-order valence-electron chi connectivity index (χ1n) is 8.09. The number of amides is 1. The quantitative estimate of drug-likeness (QED) is 0.719. The van der Waals surface area contributed by atoms with E-state index in [0.29, 0.717) is 12.1 Å². The molecule has 0 saturated carbocycles. The summed E-state index contributed by atoms with van der Waals surface area (Å²) in [5, 5.41) is 2.67. The van der Waals surface area contributed by atoms with Gasteiger partial charge in [0.05, 0.1) is 10.9 Å². The van der Waals surface area contributed by atoms with E-state index in [1.165, 1.54) is 30.5 Å². The molecule has 0 aliphatic carbocycles. The van der Waals surface area contributed by atoms with Crippen LogP contribution in [0.2, 0.25) is 0 Å². The Labute approximate surface area is 156 Å². The minimum Gasteiger partial charge on any atom is -0.326 e. The SMILES string of the molecule is CCC(=O)Nc1ccc(S(=O)(=O)N[C@@H](C[S@@](C)=O)c2ccccc2)cc1. The Kier molecular flexibility index (Phi) is 7.07. The molecule has 0 aliphatic heterocycles. The lowest BCUT2D eigenvalue weighted by Gasteiger charge is -2.18. The van der Waals surface area contributed by atoms with E-state index in [9.17, 15) is 17.4 Å². The Balaban J connectivity index is 2.22. The van der Waals surface area contributed by atoms with Gasteiger partial charge in [0, 0.05) is 34.9 Å². The molecule has 0 saturated heterocycles. The molecule has 0 radical (unpaired) electrons. The average molecular weight is 395 g/mol. The van der Waals surface area contributed by atoms with Crippen molar-refractivity contribution in [1.82, 2.24) is 4.72 Å². The van der Waals surface area contributed by atoms with Crippen LogP contribution in [0.3, 0.4) is 0 Å². The topological polar surface area (TPSA) is 92.3 Å². The summed E-state index contributed by atoms with van der Waals surface area (Å²) in [4.78, 5) is 11.5. The van der Waals surface area contributed by atoms with Crippen molar-refractivity contribution < 1.29 is 17.4 Å². The molecule has 2 aromatic carbocycles. The zero-order valence-electron chi connectivity index (χ0n) is 14.6. The summed E-state index contributed by atoms with van der Waals surface area (Å²) in [6, 6.07) is 14.4. The molecule has 0 bridgehead atoms. The van der Waals surface area contributed by atoms with Crippen LogP contribution >= 0.6 is 0 Å². The number of sulfonamides is 1. The monoisotopic (exact) mass is 394 g/mol. The molecule has 140 valence electrons. The molecule has 0 aromatic heterocycles. The Morgan fingerprint density at radius 2 is 1.69 bits per heavy atom. The molecule has 0 spiro atoms. The number of anilines is 1. The summed E-state index contributed by atoms with van der Waals surface area (Å²) in [6.07, 6.45) is 1.88. The number of carbonyl (C=O) groups is 1. The Hall–Kier alpha value is -2.03. The number of nitrogens with one attached hydrogen (secondary N) is 2. The van der Waals surface area contributed by atoms with Gasteiger partial charge < -0.3 is 5.32 Å². The van der Waals surface area contributed by atoms with Gasteiger partial charge in [-0.1, -0.05) is 37.3 Å². The fourth-order valence-corrected chi connectivity index (χ4v) is 4.42. The van der Waals surface area contributed by atoms with Crippen LogP contribution in [0, 0.1) is 0 Å². The van der Waals surface area contributed by atoms with Crippen molar-refractivity contribution in [2.24, 2.45) is 0 Å². The highest BCUT2D eigenvalue weighted by atomic mass is 32.2. The predicted molar refractivity (Wildman–Crippen MR) is 104 cm³/mol. The zero-order valence-corrected chi connectivity index (χ0v) is 16.3. The highest BCUT2D eigenvalue weighted by molar-refractivity contribution is 7.89. The third kappa shape index (κ3) is 5.76. The summed E-state index contributed by atoms with van der Waals surface area (Å²) >= 11 is 0. The molecule has 2 aromatic rings. The van der Waals surface area contributed by atoms with Gasteiger partial charge in [-0.25, -0.2) is 13.1 Å². The molecular formula is C18H22N2O4S2. The first kappa shape index (κ1) is 20.3. The van der Waals surface area contributed by atoms with E-state index in [1.807, 2.05) is 6.07 Å². The number of hydrogen-bond acceptors (Lipinski definition) is 4. The number of hydrogen-bond donors (Lipinski definition) is 2. The molecule has 6 nitrogen and oxygen atoms in total. The normalized spacial score (nSPS) is 13.8. The summed E-state index contributed by atoms with van der Waals surface area (Å²) in [6.45, 7) is 1.74. The lowest BCUT2D eigenvalue weighted by molar-refractivity contribution is -0.115. The maximum Gasteiger partial charge on any atom is 0.241 e. The van der Waals surface area contributed by atoms with Crippen molar-refractivity contribution in [3.05, 3.63) is 60.2 Å². The molecule has 2 atom stereocenters. The standard InChI is InChI=1S/C18H22N2O4S2/c1-3-18(21)19-15-9-11-16(12-10-15)26(23,24)20-17(13-25(2)22)14-7-5-4-6-8-14/h4-12,17,20H,3,13H2,1-2H3,(H,19,21)/t17-,25+/m0/s1. The second kappa shape index (κ2) is 9.07. The minimum atomic E-state index is -3.80. The zero-order chi connectivity index (χ0) is 19.2. The van der Waals surface area contributed by atoms with E-state index in [1.54, 1.807) is 31.2 Å². The molecule has 8 heteroatoms. The van der Waals surface area contributed by atoms with Crippen LogP contribution in [-0.2, 0) is 25.6 Å². The molecule has 0 aliphatic rings. The van der Waals surface area contributed by atoms with Crippen LogP contribution < -0.4 is 10.0 Å². The van der Waals surface area contributed by atoms with Crippen molar-refractivity contribution in [2.75, 3.05) is 17.3 Å². The van der Waals surface area contributed by atoms with Crippen molar-refractivity contribution >= 4 is 32.4 Å². The predicted octanol–water partition coefficient (Wildman–Crippen LogP) is 2.43. The summed E-state index contributed by atoms with van der Waals surface area (Å²) in [7, 11) is -4.97. The lowest BCUT2D eigenvalue weighted by Crippen LogP contribution is -2.32. The van der Waals surface area contributed by atoms with Crippen LogP contribution in [0.4, 0.5) is 5.69 Å². The lowest BCUT2D eigenvalue weighted by atomic mass is 10.1. The van der Waals surface area contributed by atoms with E-state index in [4.69, 9.17) is 0 Å².